The highest BCUT2D eigenvalue weighted by Crippen LogP contribution is 2.24. The molecule has 3 rings (SSSR count). The SMILES string of the molecule is O=C(CCCl)N1CC(CCc2ccc3c(n2)NCCC3)C1. The van der Waals surface area contributed by atoms with Crippen molar-refractivity contribution in [2.24, 2.45) is 5.92 Å². The van der Waals surface area contributed by atoms with Crippen LogP contribution in [0.2, 0.25) is 0 Å². The predicted molar refractivity (Wildman–Crippen MR) is 84.8 cm³/mol. The molecule has 0 aromatic carbocycles. The third-order valence-corrected chi connectivity index (χ3v) is 4.57. The summed E-state index contributed by atoms with van der Waals surface area (Å²) >= 11 is 5.60. The van der Waals surface area contributed by atoms with E-state index in [1.54, 1.807) is 0 Å². The number of anilines is 1. The summed E-state index contributed by atoms with van der Waals surface area (Å²) in [6, 6.07) is 4.36. The van der Waals surface area contributed by atoms with Crippen molar-refractivity contribution in [3.05, 3.63) is 23.4 Å². The molecule has 2 aliphatic heterocycles. The van der Waals surface area contributed by atoms with Gasteiger partial charge in [0, 0.05) is 37.6 Å². The number of pyridine rings is 1. The van der Waals surface area contributed by atoms with Crippen LogP contribution in [0.1, 0.15) is 30.5 Å². The molecule has 0 unspecified atom stereocenters. The lowest BCUT2D eigenvalue weighted by Crippen LogP contribution is -2.50. The highest BCUT2D eigenvalue weighted by Gasteiger charge is 2.29. The van der Waals surface area contributed by atoms with Crippen LogP contribution in [0.3, 0.4) is 0 Å². The number of alkyl halides is 1. The molecule has 0 bridgehead atoms. The second-order valence-corrected chi connectivity index (χ2v) is 6.36. The van der Waals surface area contributed by atoms with Crippen molar-refractivity contribution in [1.29, 1.82) is 0 Å². The van der Waals surface area contributed by atoms with Gasteiger partial charge in [-0.25, -0.2) is 4.98 Å². The van der Waals surface area contributed by atoms with E-state index in [9.17, 15) is 4.79 Å². The van der Waals surface area contributed by atoms with Gasteiger partial charge < -0.3 is 10.2 Å². The van der Waals surface area contributed by atoms with E-state index in [1.165, 1.54) is 12.0 Å². The largest absolute Gasteiger partial charge is 0.370 e. The van der Waals surface area contributed by atoms with Crippen molar-refractivity contribution in [2.75, 3.05) is 30.8 Å². The maximum absolute atomic E-state index is 11.6. The van der Waals surface area contributed by atoms with Gasteiger partial charge in [0.05, 0.1) is 0 Å². The molecule has 2 aliphatic rings. The van der Waals surface area contributed by atoms with Gasteiger partial charge >= 0.3 is 0 Å². The number of amides is 1. The first-order chi connectivity index (χ1) is 10.3. The molecule has 3 heterocycles. The van der Waals surface area contributed by atoms with Gasteiger partial charge in [-0.3, -0.25) is 4.79 Å². The fourth-order valence-electron chi connectivity index (χ4n) is 3.06. The molecule has 114 valence electrons. The molecule has 0 radical (unpaired) electrons. The van der Waals surface area contributed by atoms with E-state index in [0.29, 0.717) is 18.2 Å². The summed E-state index contributed by atoms with van der Waals surface area (Å²) in [6.07, 6.45) is 4.90. The number of nitrogens with zero attached hydrogens (tertiary/aromatic N) is 2. The Kier molecular flexibility index (Phi) is 4.63. The first-order valence-corrected chi connectivity index (χ1v) is 8.36. The summed E-state index contributed by atoms with van der Waals surface area (Å²) < 4.78 is 0. The highest BCUT2D eigenvalue weighted by atomic mass is 35.5. The summed E-state index contributed by atoms with van der Waals surface area (Å²) in [5, 5.41) is 3.38. The van der Waals surface area contributed by atoms with E-state index in [2.05, 4.69) is 17.4 Å². The summed E-state index contributed by atoms with van der Waals surface area (Å²) in [5.74, 6) is 2.31. The number of likely N-dealkylation sites (tertiary alicyclic amines) is 1. The fourth-order valence-corrected chi connectivity index (χ4v) is 3.22. The first kappa shape index (κ1) is 14.6. The number of aryl methyl sites for hydroxylation is 2. The zero-order chi connectivity index (χ0) is 14.7. The molecule has 5 heteroatoms. The average molecular weight is 308 g/mol. The zero-order valence-corrected chi connectivity index (χ0v) is 13.0. The molecule has 0 atom stereocenters. The van der Waals surface area contributed by atoms with Crippen molar-refractivity contribution in [2.45, 2.75) is 32.1 Å². The van der Waals surface area contributed by atoms with Gasteiger partial charge in [0.2, 0.25) is 5.91 Å². The van der Waals surface area contributed by atoms with Crippen LogP contribution < -0.4 is 5.32 Å². The summed E-state index contributed by atoms with van der Waals surface area (Å²) in [7, 11) is 0. The van der Waals surface area contributed by atoms with Crippen LogP contribution >= 0.6 is 11.6 Å². The molecule has 1 aromatic rings. The molecule has 1 fully saturated rings. The Morgan fingerprint density at radius 1 is 1.43 bits per heavy atom. The van der Waals surface area contributed by atoms with Gasteiger partial charge in [-0.1, -0.05) is 6.07 Å². The molecule has 4 nitrogen and oxygen atoms in total. The molecular weight excluding hydrogens is 286 g/mol. The molecule has 0 saturated carbocycles. The minimum atomic E-state index is 0.192. The maximum atomic E-state index is 11.6. The number of fused-ring (bicyclic) bond motifs is 1. The van der Waals surface area contributed by atoms with Crippen molar-refractivity contribution in [3.8, 4) is 0 Å². The second-order valence-electron chi connectivity index (χ2n) is 5.98. The molecule has 1 aromatic heterocycles. The Bertz CT molecular complexity index is 514. The van der Waals surface area contributed by atoms with Crippen molar-refractivity contribution < 1.29 is 4.79 Å². The minimum absolute atomic E-state index is 0.192. The first-order valence-electron chi connectivity index (χ1n) is 7.82. The van der Waals surface area contributed by atoms with Gasteiger partial charge in [0.15, 0.2) is 0 Å². The third kappa shape index (κ3) is 3.49. The number of aromatic nitrogens is 1. The number of halogens is 1. The molecule has 0 spiro atoms. The number of carbonyl (C=O) groups excluding carboxylic acids is 1. The van der Waals surface area contributed by atoms with E-state index in [-0.39, 0.29) is 5.91 Å². The van der Waals surface area contributed by atoms with Gasteiger partial charge in [-0.05, 0) is 43.2 Å². The molecule has 0 aliphatic carbocycles. The van der Waals surface area contributed by atoms with Crippen molar-refractivity contribution >= 4 is 23.3 Å². The van der Waals surface area contributed by atoms with Crippen LogP contribution in [-0.2, 0) is 17.6 Å². The fraction of sp³-hybridized carbons (Fsp3) is 0.625. The van der Waals surface area contributed by atoms with E-state index >= 15 is 0 Å². The lowest BCUT2D eigenvalue weighted by Gasteiger charge is -2.39. The van der Waals surface area contributed by atoms with E-state index in [1.807, 2.05) is 4.90 Å². The Labute approximate surface area is 130 Å². The normalized spacial score (nSPS) is 17.9. The third-order valence-electron chi connectivity index (χ3n) is 4.38. The monoisotopic (exact) mass is 307 g/mol. The Hall–Kier alpha value is -1.29. The molecule has 1 saturated heterocycles. The minimum Gasteiger partial charge on any atom is -0.370 e. The topological polar surface area (TPSA) is 45.2 Å². The van der Waals surface area contributed by atoms with Crippen molar-refractivity contribution in [1.82, 2.24) is 9.88 Å². The summed E-state index contributed by atoms with van der Waals surface area (Å²) in [4.78, 5) is 18.3. The maximum Gasteiger partial charge on any atom is 0.223 e. The smallest absolute Gasteiger partial charge is 0.223 e. The van der Waals surface area contributed by atoms with Crippen LogP contribution in [0.4, 0.5) is 5.82 Å². The van der Waals surface area contributed by atoms with Crippen molar-refractivity contribution in [3.63, 3.8) is 0 Å². The summed E-state index contributed by atoms with van der Waals surface area (Å²) in [5.41, 5.74) is 2.50. The van der Waals surface area contributed by atoms with Gasteiger partial charge in [0.1, 0.15) is 5.82 Å². The van der Waals surface area contributed by atoms with Gasteiger partial charge in [0.25, 0.3) is 0 Å². The van der Waals surface area contributed by atoms with E-state index < -0.39 is 0 Å². The van der Waals surface area contributed by atoms with Crippen LogP contribution in [-0.4, -0.2) is 41.3 Å². The quantitative estimate of drug-likeness (QED) is 0.850. The number of hydrogen-bond donors (Lipinski definition) is 1. The molecular formula is C16H22ClN3O. The number of rotatable bonds is 5. The van der Waals surface area contributed by atoms with Crippen LogP contribution in [0.15, 0.2) is 12.1 Å². The lowest BCUT2D eigenvalue weighted by atomic mass is 9.93. The molecule has 1 amide bonds. The van der Waals surface area contributed by atoms with Crippen LogP contribution in [0.25, 0.3) is 0 Å². The second kappa shape index (κ2) is 6.65. The molecule has 1 N–H and O–H groups in total. The highest BCUT2D eigenvalue weighted by molar-refractivity contribution is 6.18. The van der Waals surface area contributed by atoms with E-state index in [0.717, 1.165) is 50.4 Å². The average Bonchev–Trinajstić information content (AvgIpc) is 2.45. The molecule has 21 heavy (non-hydrogen) atoms. The number of carbonyl (C=O) groups is 1. The Morgan fingerprint density at radius 2 is 2.29 bits per heavy atom. The van der Waals surface area contributed by atoms with Crippen LogP contribution in [0.5, 0.6) is 0 Å². The zero-order valence-electron chi connectivity index (χ0n) is 12.3. The number of hydrogen-bond acceptors (Lipinski definition) is 3. The summed E-state index contributed by atoms with van der Waals surface area (Å²) in [6.45, 7) is 2.81. The predicted octanol–water partition coefficient (Wildman–Crippen LogP) is 2.46. The number of nitrogens with one attached hydrogen (secondary N) is 1. The van der Waals surface area contributed by atoms with E-state index in [4.69, 9.17) is 16.6 Å². The van der Waals surface area contributed by atoms with Gasteiger partial charge in [-0.15, -0.1) is 11.6 Å². The lowest BCUT2D eigenvalue weighted by molar-refractivity contribution is -0.137. The standard InChI is InChI=1S/C16H22ClN3O/c17-8-7-15(21)20-10-12(11-20)3-5-14-6-4-13-2-1-9-18-16(13)19-14/h4,6,12H,1-3,5,7-11H2,(H,18,19). The Morgan fingerprint density at radius 3 is 3.10 bits per heavy atom. The van der Waals surface area contributed by atoms with Crippen LogP contribution in [0, 0.1) is 5.92 Å². The Balaban J connectivity index is 1.45. The van der Waals surface area contributed by atoms with Gasteiger partial charge in [-0.2, -0.15) is 0 Å².